The lowest BCUT2D eigenvalue weighted by molar-refractivity contribution is -0.122. The fourth-order valence-corrected chi connectivity index (χ4v) is 2.49. The van der Waals surface area contributed by atoms with Gasteiger partial charge >= 0.3 is 0 Å². The molecule has 0 saturated heterocycles. The van der Waals surface area contributed by atoms with E-state index in [4.69, 9.17) is 0 Å². The molecule has 134 valence electrons. The Kier molecular flexibility index (Phi) is 6.77. The van der Waals surface area contributed by atoms with Crippen molar-refractivity contribution < 1.29 is 18.0 Å². The van der Waals surface area contributed by atoms with Gasteiger partial charge < -0.3 is 10.6 Å². The number of carbonyl (C=O) groups excluding carboxylic acids is 2. The first-order valence-electron chi connectivity index (χ1n) is 7.59. The molecular weight excluding hydrogens is 330 g/mol. The summed E-state index contributed by atoms with van der Waals surface area (Å²) in [6.45, 7) is 6.62. The number of benzene rings is 1. The molecule has 0 saturated carbocycles. The lowest BCUT2D eigenvalue weighted by Gasteiger charge is -2.17. The van der Waals surface area contributed by atoms with Crippen LogP contribution in [0.15, 0.2) is 24.3 Å². The first-order valence-corrected chi connectivity index (χ1v) is 9.48. The first kappa shape index (κ1) is 20.0. The van der Waals surface area contributed by atoms with Crippen molar-refractivity contribution in [3.63, 3.8) is 0 Å². The second-order valence-corrected chi connectivity index (χ2v) is 8.54. The van der Waals surface area contributed by atoms with Crippen molar-refractivity contribution in [2.75, 3.05) is 24.1 Å². The smallest absolute Gasteiger partial charge is 0.251 e. The van der Waals surface area contributed by atoms with Crippen molar-refractivity contribution in [2.45, 2.75) is 27.2 Å². The van der Waals surface area contributed by atoms with Crippen LogP contribution in [-0.2, 0) is 14.8 Å². The van der Waals surface area contributed by atoms with Crippen molar-refractivity contribution >= 4 is 27.5 Å². The van der Waals surface area contributed by atoms with E-state index in [9.17, 15) is 18.0 Å². The molecule has 0 heterocycles. The second-order valence-electron chi connectivity index (χ2n) is 6.79. The molecule has 0 aliphatic carbocycles. The predicted octanol–water partition coefficient (Wildman–Crippen LogP) is 1.34. The summed E-state index contributed by atoms with van der Waals surface area (Å²) in [6.07, 6.45) is 1.48. The highest BCUT2D eigenvalue weighted by molar-refractivity contribution is 7.92. The molecule has 3 N–H and O–H groups in total. The van der Waals surface area contributed by atoms with Crippen molar-refractivity contribution in [2.24, 2.45) is 5.41 Å². The van der Waals surface area contributed by atoms with Gasteiger partial charge in [-0.3, -0.25) is 14.3 Å². The van der Waals surface area contributed by atoms with E-state index in [1.54, 1.807) is 0 Å². The second kappa shape index (κ2) is 8.14. The fraction of sp³-hybridized carbons (Fsp3) is 0.500. The summed E-state index contributed by atoms with van der Waals surface area (Å²) >= 11 is 0. The summed E-state index contributed by atoms with van der Waals surface area (Å²) in [4.78, 5) is 23.6. The molecule has 8 heteroatoms. The number of anilines is 1. The number of hydrogen-bond acceptors (Lipinski definition) is 4. The van der Waals surface area contributed by atoms with E-state index >= 15 is 0 Å². The summed E-state index contributed by atoms with van der Waals surface area (Å²) < 4.78 is 24.5. The van der Waals surface area contributed by atoms with Crippen LogP contribution < -0.4 is 15.4 Å². The molecular formula is C16H25N3O4S. The average molecular weight is 355 g/mol. The van der Waals surface area contributed by atoms with E-state index < -0.39 is 10.0 Å². The van der Waals surface area contributed by atoms with E-state index in [2.05, 4.69) is 15.4 Å². The Bertz CT molecular complexity index is 676. The largest absolute Gasteiger partial charge is 0.354 e. The summed E-state index contributed by atoms with van der Waals surface area (Å²) in [6, 6.07) is 6.09. The fourth-order valence-electron chi connectivity index (χ4n) is 1.93. The highest BCUT2D eigenvalue weighted by atomic mass is 32.2. The van der Waals surface area contributed by atoms with Crippen molar-refractivity contribution in [3.8, 4) is 0 Å². The van der Waals surface area contributed by atoms with Crippen LogP contribution in [0.3, 0.4) is 0 Å². The Morgan fingerprint density at radius 3 is 2.04 bits per heavy atom. The molecule has 2 amide bonds. The molecule has 7 nitrogen and oxygen atoms in total. The third-order valence-corrected chi connectivity index (χ3v) is 3.48. The van der Waals surface area contributed by atoms with Gasteiger partial charge in [0.2, 0.25) is 15.9 Å². The molecule has 0 aromatic heterocycles. The SMILES string of the molecule is CC(C)(C)CC(=O)NCCNC(=O)c1ccc(NS(C)(=O)=O)cc1. The molecule has 0 spiro atoms. The summed E-state index contributed by atoms with van der Waals surface area (Å²) in [5.74, 6) is -0.334. The standard InChI is InChI=1S/C16H25N3O4S/c1-16(2,3)11-14(20)17-9-10-18-15(21)12-5-7-13(8-6-12)19-24(4,22)23/h5-8,19H,9-11H2,1-4H3,(H,17,20)(H,18,21). The number of rotatable bonds is 7. The minimum absolute atomic E-state index is 0.0482. The quantitative estimate of drug-likeness (QED) is 0.642. The van der Waals surface area contributed by atoms with Gasteiger partial charge in [0, 0.05) is 30.8 Å². The Morgan fingerprint density at radius 1 is 1.00 bits per heavy atom. The molecule has 0 radical (unpaired) electrons. The molecule has 0 fully saturated rings. The summed E-state index contributed by atoms with van der Waals surface area (Å²) in [7, 11) is -3.34. The maximum absolute atomic E-state index is 12.0. The topological polar surface area (TPSA) is 104 Å². The summed E-state index contributed by atoms with van der Waals surface area (Å²) in [5.41, 5.74) is 0.730. The monoisotopic (exact) mass is 355 g/mol. The minimum atomic E-state index is -3.34. The van der Waals surface area contributed by atoms with E-state index in [-0.39, 0.29) is 17.2 Å². The van der Waals surface area contributed by atoms with E-state index in [0.717, 1.165) is 6.26 Å². The van der Waals surface area contributed by atoms with Gasteiger partial charge in [0.15, 0.2) is 0 Å². The molecule has 0 aliphatic heterocycles. The number of sulfonamides is 1. The van der Waals surface area contributed by atoms with Gasteiger partial charge in [0.25, 0.3) is 5.91 Å². The lowest BCUT2D eigenvalue weighted by atomic mass is 9.92. The number of amides is 2. The van der Waals surface area contributed by atoms with Crippen molar-refractivity contribution in [1.82, 2.24) is 10.6 Å². The molecule has 1 aromatic carbocycles. The van der Waals surface area contributed by atoms with Crippen LogP contribution in [0.2, 0.25) is 0 Å². The van der Waals surface area contributed by atoms with Gasteiger partial charge in [0.05, 0.1) is 6.26 Å². The Morgan fingerprint density at radius 2 is 1.54 bits per heavy atom. The minimum Gasteiger partial charge on any atom is -0.354 e. The third kappa shape index (κ3) is 8.52. The van der Waals surface area contributed by atoms with Gasteiger partial charge in [0.1, 0.15) is 0 Å². The Hall–Kier alpha value is -2.09. The van der Waals surface area contributed by atoms with Crippen LogP contribution in [0.4, 0.5) is 5.69 Å². The Labute approximate surface area is 143 Å². The van der Waals surface area contributed by atoms with Crippen LogP contribution in [0.1, 0.15) is 37.6 Å². The van der Waals surface area contributed by atoms with Gasteiger partial charge in [-0.25, -0.2) is 8.42 Å². The normalized spacial score (nSPS) is 11.7. The molecule has 0 unspecified atom stereocenters. The van der Waals surface area contributed by atoms with E-state index in [0.29, 0.717) is 30.8 Å². The van der Waals surface area contributed by atoms with Gasteiger partial charge in [-0.2, -0.15) is 0 Å². The molecule has 24 heavy (non-hydrogen) atoms. The van der Waals surface area contributed by atoms with Gasteiger partial charge in [-0.1, -0.05) is 20.8 Å². The van der Waals surface area contributed by atoms with Crippen LogP contribution in [0.25, 0.3) is 0 Å². The highest BCUT2D eigenvalue weighted by Gasteiger charge is 2.15. The molecule has 0 atom stereocenters. The zero-order valence-electron chi connectivity index (χ0n) is 14.5. The molecule has 0 bridgehead atoms. The first-order chi connectivity index (χ1) is 11.0. The third-order valence-electron chi connectivity index (χ3n) is 2.87. The van der Waals surface area contributed by atoms with Crippen LogP contribution in [-0.4, -0.2) is 39.6 Å². The van der Waals surface area contributed by atoms with Crippen LogP contribution >= 0.6 is 0 Å². The number of nitrogens with one attached hydrogen (secondary N) is 3. The maximum Gasteiger partial charge on any atom is 0.251 e. The number of carbonyl (C=O) groups is 2. The van der Waals surface area contributed by atoms with Gasteiger partial charge in [-0.15, -0.1) is 0 Å². The maximum atomic E-state index is 12.0. The average Bonchev–Trinajstić information content (AvgIpc) is 2.40. The van der Waals surface area contributed by atoms with Crippen LogP contribution in [0.5, 0.6) is 0 Å². The van der Waals surface area contributed by atoms with E-state index in [1.807, 2.05) is 20.8 Å². The van der Waals surface area contributed by atoms with Crippen molar-refractivity contribution in [1.29, 1.82) is 0 Å². The van der Waals surface area contributed by atoms with E-state index in [1.165, 1.54) is 24.3 Å². The zero-order chi connectivity index (χ0) is 18.4. The Balaban J connectivity index is 2.39. The molecule has 1 aromatic rings. The number of hydrogen-bond donors (Lipinski definition) is 3. The predicted molar refractivity (Wildman–Crippen MR) is 94.3 cm³/mol. The molecule has 0 aliphatic rings. The lowest BCUT2D eigenvalue weighted by Crippen LogP contribution is -2.35. The van der Waals surface area contributed by atoms with Crippen LogP contribution in [0, 0.1) is 5.41 Å². The zero-order valence-corrected chi connectivity index (χ0v) is 15.3. The highest BCUT2D eigenvalue weighted by Crippen LogP contribution is 2.17. The summed E-state index contributed by atoms with van der Waals surface area (Å²) in [5, 5.41) is 5.44. The molecule has 1 rings (SSSR count). The van der Waals surface area contributed by atoms with Crippen molar-refractivity contribution in [3.05, 3.63) is 29.8 Å². The van der Waals surface area contributed by atoms with Gasteiger partial charge in [-0.05, 0) is 29.7 Å².